The molecule has 35 heavy (non-hydrogen) atoms. The van der Waals surface area contributed by atoms with Crippen molar-refractivity contribution in [3.63, 3.8) is 0 Å². The van der Waals surface area contributed by atoms with Gasteiger partial charge in [-0.1, -0.05) is 17.7 Å². The number of likely N-dealkylation sites (tertiary alicyclic amines) is 1. The maximum absolute atomic E-state index is 13.1. The third-order valence-corrected chi connectivity index (χ3v) is 7.18. The molecule has 2 aliphatic heterocycles. The molecule has 1 aromatic heterocycles. The number of fused-ring (bicyclic) bond motifs is 2. The van der Waals surface area contributed by atoms with Crippen molar-refractivity contribution in [2.24, 2.45) is 0 Å². The zero-order valence-corrected chi connectivity index (χ0v) is 20.9. The summed E-state index contributed by atoms with van der Waals surface area (Å²) in [6, 6.07) is 14.1. The maximum atomic E-state index is 13.1. The van der Waals surface area contributed by atoms with E-state index >= 15 is 0 Å². The fourth-order valence-electron chi connectivity index (χ4n) is 4.16. The first-order valence-electron chi connectivity index (χ1n) is 11.3. The second-order valence-electron chi connectivity index (χ2n) is 8.84. The van der Waals surface area contributed by atoms with Gasteiger partial charge >= 0.3 is 0 Å². The summed E-state index contributed by atoms with van der Waals surface area (Å²) in [5, 5.41) is 3.29. The van der Waals surface area contributed by atoms with Crippen LogP contribution in [0.15, 0.2) is 53.6 Å². The van der Waals surface area contributed by atoms with Crippen molar-refractivity contribution >= 4 is 52.6 Å². The van der Waals surface area contributed by atoms with E-state index in [0.29, 0.717) is 23.0 Å². The zero-order valence-electron chi connectivity index (χ0n) is 20.1. The molecule has 0 saturated carbocycles. The zero-order chi connectivity index (χ0) is 24.7. The Hall–Kier alpha value is -3.63. The summed E-state index contributed by atoms with van der Waals surface area (Å²) in [5.41, 5.74) is 3.97. The van der Waals surface area contributed by atoms with E-state index in [-0.39, 0.29) is 17.9 Å². The van der Waals surface area contributed by atoms with E-state index in [1.54, 1.807) is 37.0 Å². The van der Waals surface area contributed by atoms with Gasteiger partial charge in [-0.2, -0.15) is 4.98 Å². The van der Waals surface area contributed by atoms with Crippen LogP contribution in [-0.2, 0) is 4.79 Å². The van der Waals surface area contributed by atoms with Crippen LogP contribution in [0.3, 0.4) is 0 Å². The molecule has 0 spiro atoms. The van der Waals surface area contributed by atoms with E-state index in [1.807, 2.05) is 66.2 Å². The number of benzene rings is 2. The lowest BCUT2D eigenvalue weighted by Gasteiger charge is -2.38. The van der Waals surface area contributed by atoms with Crippen LogP contribution in [0.4, 0.5) is 28.8 Å². The summed E-state index contributed by atoms with van der Waals surface area (Å²) in [6.45, 7) is 5.03. The lowest BCUT2D eigenvalue weighted by molar-refractivity contribution is -0.133. The first kappa shape index (κ1) is 23.1. The Morgan fingerprint density at radius 2 is 1.89 bits per heavy atom. The van der Waals surface area contributed by atoms with Gasteiger partial charge in [-0.05, 0) is 49.2 Å². The normalized spacial score (nSPS) is 15.3. The fraction of sp³-hybridized carbons (Fsp3) is 0.280. The van der Waals surface area contributed by atoms with Crippen LogP contribution in [0.2, 0.25) is 0 Å². The highest BCUT2D eigenvalue weighted by Gasteiger charge is 2.30. The Balaban J connectivity index is 1.34. The van der Waals surface area contributed by atoms with Crippen molar-refractivity contribution < 1.29 is 9.59 Å². The van der Waals surface area contributed by atoms with Crippen LogP contribution in [0.5, 0.6) is 0 Å². The molecule has 2 aliphatic rings. The van der Waals surface area contributed by atoms with Crippen molar-refractivity contribution in [1.82, 2.24) is 19.6 Å². The van der Waals surface area contributed by atoms with E-state index < -0.39 is 0 Å². The molecule has 180 valence electrons. The van der Waals surface area contributed by atoms with Gasteiger partial charge in [-0.15, -0.1) is 0 Å². The number of nitrogens with zero attached hydrogens (tertiary/aromatic N) is 5. The molecule has 10 heteroatoms. The van der Waals surface area contributed by atoms with Gasteiger partial charge in [0.05, 0.1) is 23.5 Å². The second-order valence-corrected chi connectivity index (χ2v) is 9.75. The quantitative estimate of drug-likeness (QED) is 0.524. The van der Waals surface area contributed by atoms with Gasteiger partial charge < -0.3 is 20.0 Å². The summed E-state index contributed by atoms with van der Waals surface area (Å²) in [7, 11) is 3.65. The van der Waals surface area contributed by atoms with Crippen molar-refractivity contribution in [2.75, 3.05) is 42.3 Å². The van der Waals surface area contributed by atoms with E-state index in [2.05, 4.69) is 15.0 Å². The number of carbonyl (C=O) groups excluding carboxylic acids is 2. The lowest BCUT2D eigenvalue weighted by Crippen LogP contribution is -2.57. The number of rotatable bonds is 5. The van der Waals surface area contributed by atoms with Gasteiger partial charge in [0.1, 0.15) is 5.69 Å². The smallest absolute Gasteiger partial charge is 0.260 e. The van der Waals surface area contributed by atoms with Crippen molar-refractivity contribution in [3.05, 3.63) is 59.8 Å². The standard InChI is InChI=1S/C25H27N7O2S/c1-15-8-9-21-20(10-15)24(34)31(4)22-12-26-25(28-23(22)30(21)3)27-17-6-5-7-19(11-17)35-29-18-13-32(14-18)16(2)33/h5-12,18,29H,13-14H2,1-4H3,(H,26,27,28). The summed E-state index contributed by atoms with van der Waals surface area (Å²) < 4.78 is 3.41. The van der Waals surface area contributed by atoms with Crippen LogP contribution in [0.25, 0.3) is 0 Å². The van der Waals surface area contributed by atoms with E-state index in [9.17, 15) is 9.59 Å². The Morgan fingerprint density at radius 1 is 1.09 bits per heavy atom. The molecule has 0 unspecified atom stereocenters. The fourth-order valence-corrected chi connectivity index (χ4v) is 4.94. The third kappa shape index (κ3) is 4.54. The molecule has 0 radical (unpaired) electrons. The number of nitrogens with one attached hydrogen (secondary N) is 2. The van der Waals surface area contributed by atoms with E-state index in [0.717, 1.165) is 34.9 Å². The van der Waals surface area contributed by atoms with Crippen LogP contribution >= 0.6 is 11.9 Å². The molecule has 1 fully saturated rings. The summed E-state index contributed by atoms with van der Waals surface area (Å²) >= 11 is 1.54. The summed E-state index contributed by atoms with van der Waals surface area (Å²) in [6.07, 6.45) is 1.68. The number of carbonyl (C=O) groups is 2. The van der Waals surface area contributed by atoms with Crippen LogP contribution < -0.4 is 19.8 Å². The number of hydrogen-bond acceptors (Lipinski definition) is 8. The number of aromatic nitrogens is 2. The lowest BCUT2D eigenvalue weighted by atomic mass is 10.1. The maximum Gasteiger partial charge on any atom is 0.260 e. The molecule has 0 aliphatic carbocycles. The van der Waals surface area contributed by atoms with Gasteiger partial charge in [0.2, 0.25) is 11.9 Å². The highest BCUT2D eigenvalue weighted by Crippen LogP contribution is 2.38. The number of aryl methyl sites for hydroxylation is 1. The third-order valence-electron chi connectivity index (χ3n) is 6.24. The number of anilines is 5. The number of hydrogen-bond donors (Lipinski definition) is 2. The largest absolute Gasteiger partial charge is 0.340 e. The average molecular weight is 490 g/mol. The van der Waals surface area contributed by atoms with E-state index in [1.165, 1.54) is 0 Å². The predicted molar refractivity (Wildman–Crippen MR) is 139 cm³/mol. The molecule has 2 aromatic carbocycles. The Labute approximate surface area is 208 Å². The van der Waals surface area contributed by atoms with Gasteiger partial charge in [0.15, 0.2) is 5.82 Å². The minimum absolute atomic E-state index is 0.0891. The minimum Gasteiger partial charge on any atom is -0.340 e. The van der Waals surface area contributed by atoms with Gasteiger partial charge in [-0.25, -0.2) is 4.98 Å². The van der Waals surface area contributed by atoms with Gasteiger partial charge in [0.25, 0.3) is 5.91 Å². The molecule has 0 atom stereocenters. The monoisotopic (exact) mass is 489 g/mol. The van der Waals surface area contributed by atoms with Crippen molar-refractivity contribution in [2.45, 2.75) is 24.8 Å². The molecule has 3 heterocycles. The van der Waals surface area contributed by atoms with Gasteiger partial charge in [0, 0.05) is 44.7 Å². The Morgan fingerprint density at radius 3 is 2.66 bits per heavy atom. The average Bonchev–Trinajstić information content (AvgIpc) is 2.88. The summed E-state index contributed by atoms with van der Waals surface area (Å²) in [5.74, 6) is 1.11. The summed E-state index contributed by atoms with van der Waals surface area (Å²) in [4.78, 5) is 40.1. The number of amides is 2. The molecule has 0 bridgehead atoms. The van der Waals surface area contributed by atoms with Gasteiger partial charge in [-0.3, -0.25) is 14.3 Å². The van der Waals surface area contributed by atoms with Crippen molar-refractivity contribution in [3.8, 4) is 0 Å². The topological polar surface area (TPSA) is 93.7 Å². The molecular formula is C25H27N7O2S. The molecular weight excluding hydrogens is 462 g/mol. The van der Waals surface area contributed by atoms with Crippen LogP contribution in [-0.4, -0.2) is 59.9 Å². The first-order chi connectivity index (χ1) is 16.8. The van der Waals surface area contributed by atoms with E-state index in [4.69, 9.17) is 4.98 Å². The van der Waals surface area contributed by atoms with Crippen molar-refractivity contribution in [1.29, 1.82) is 0 Å². The second kappa shape index (κ2) is 9.20. The molecule has 1 saturated heterocycles. The highest BCUT2D eigenvalue weighted by molar-refractivity contribution is 7.97. The highest BCUT2D eigenvalue weighted by atomic mass is 32.2. The molecule has 2 N–H and O–H groups in total. The molecule has 5 rings (SSSR count). The predicted octanol–water partition coefficient (Wildman–Crippen LogP) is 3.71. The first-order valence-corrected chi connectivity index (χ1v) is 12.2. The van der Waals surface area contributed by atoms with Crippen LogP contribution in [0.1, 0.15) is 22.8 Å². The minimum atomic E-state index is -0.0891. The Kier molecular flexibility index (Phi) is 6.08. The molecule has 9 nitrogen and oxygen atoms in total. The molecule has 3 aromatic rings. The SMILES string of the molecule is CC(=O)N1CC(NSc2cccc(Nc3ncc4c(n3)N(C)c3ccc(C)cc3C(=O)N4C)c2)C1. The van der Waals surface area contributed by atoms with Crippen LogP contribution in [0, 0.1) is 6.92 Å². The Bertz CT molecular complexity index is 1310. The molecule has 2 amide bonds.